The minimum absolute atomic E-state index is 1.11. The van der Waals surface area contributed by atoms with Gasteiger partial charge < -0.3 is 0 Å². The summed E-state index contributed by atoms with van der Waals surface area (Å²) in [4.78, 5) is 0. The van der Waals surface area contributed by atoms with E-state index in [-0.39, 0.29) is 0 Å². The molecule has 0 aromatic rings. The highest BCUT2D eigenvalue weighted by molar-refractivity contribution is 4.89. The second kappa shape index (κ2) is 2.00. The van der Waals surface area contributed by atoms with E-state index in [0.717, 1.165) is 5.92 Å². The van der Waals surface area contributed by atoms with Gasteiger partial charge in [0.15, 0.2) is 0 Å². The molecule has 0 radical (unpaired) electrons. The predicted octanol–water partition coefficient (Wildman–Crippen LogP) is 2.83. The first-order chi connectivity index (χ1) is 4.40. The quantitative estimate of drug-likeness (QED) is 0.504. The van der Waals surface area contributed by atoms with Crippen LogP contribution in [-0.4, -0.2) is 0 Å². The second-order valence-electron chi connectivity index (χ2n) is 3.84. The highest BCUT2D eigenvalue weighted by Gasteiger charge is 2.38. The molecule has 2 rings (SSSR count). The van der Waals surface area contributed by atoms with Crippen LogP contribution < -0.4 is 0 Å². The molecule has 0 aromatic heterocycles. The van der Waals surface area contributed by atoms with Crippen LogP contribution in [0.1, 0.15) is 39.0 Å². The molecule has 2 fully saturated rings. The zero-order chi connectivity index (χ0) is 6.27. The van der Waals surface area contributed by atoms with Crippen LogP contribution in [0.4, 0.5) is 0 Å². The molecule has 0 aliphatic heterocycles. The van der Waals surface area contributed by atoms with Gasteiger partial charge in [0.05, 0.1) is 0 Å². The standard InChI is InChI=1S/C9H16/c1-2-7-5-8-3-4-9(8)6-7/h7-9H,2-6H2,1H3. The number of rotatable bonds is 1. The molecule has 0 spiro atoms. The normalized spacial score (nSPS) is 48.3. The van der Waals surface area contributed by atoms with E-state index in [4.69, 9.17) is 0 Å². The van der Waals surface area contributed by atoms with Gasteiger partial charge in [0.2, 0.25) is 0 Å². The van der Waals surface area contributed by atoms with E-state index in [2.05, 4.69) is 6.92 Å². The van der Waals surface area contributed by atoms with Crippen molar-refractivity contribution in [3.63, 3.8) is 0 Å². The lowest BCUT2D eigenvalue weighted by Crippen LogP contribution is -2.18. The van der Waals surface area contributed by atoms with Crippen LogP contribution in [0.2, 0.25) is 0 Å². The van der Waals surface area contributed by atoms with E-state index in [1.165, 1.54) is 18.3 Å². The van der Waals surface area contributed by atoms with Gasteiger partial charge in [-0.1, -0.05) is 13.3 Å². The van der Waals surface area contributed by atoms with E-state index in [0.29, 0.717) is 0 Å². The number of fused-ring (bicyclic) bond motifs is 1. The Morgan fingerprint density at radius 1 is 1.11 bits per heavy atom. The second-order valence-corrected chi connectivity index (χ2v) is 3.84. The van der Waals surface area contributed by atoms with Gasteiger partial charge in [0.25, 0.3) is 0 Å². The lowest BCUT2D eigenvalue weighted by molar-refractivity contribution is 0.219. The zero-order valence-corrected chi connectivity index (χ0v) is 6.27. The van der Waals surface area contributed by atoms with Crippen molar-refractivity contribution in [3.05, 3.63) is 0 Å². The van der Waals surface area contributed by atoms with Crippen LogP contribution in [0.15, 0.2) is 0 Å². The lowest BCUT2D eigenvalue weighted by atomic mass is 9.77. The van der Waals surface area contributed by atoms with Gasteiger partial charge in [0.1, 0.15) is 0 Å². The molecule has 0 aromatic carbocycles. The molecule has 0 amide bonds. The van der Waals surface area contributed by atoms with Crippen molar-refractivity contribution < 1.29 is 0 Å². The molecular formula is C9H16. The topological polar surface area (TPSA) is 0 Å². The molecule has 0 N–H and O–H groups in total. The van der Waals surface area contributed by atoms with Crippen molar-refractivity contribution in [1.29, 1.82) is 0 Å². The summed E-state index contributed by atoms with van der Waals surface area (Å²) in [6, 6.07) is 0. The Bertz CT molecular complexity index is 94.6. The Hall–Kier alpha value is 0. The monoisotopic (exact) mass is 124 g/mol. The van der Waals surface area contributed by atoms with E-state index in [9.17, 15) is 0 Å². The van der Waals surface area contributed by atoms with E-state index >= 15 is 0 Å². The first-order valence-electron chi connectivity index (χ1n) is 4.40. The molecule has 52 valence electrons. The lowest BCUT2D eigenvalue weighted by Gasteiger charge is -2.29. The summed E-state index contributed by atoms with van der Waals surface area (Å²) in [6.45, 7) is 2.34. The smallest absolute Gasteiger partial charge is 0.0383 e. The molecule has 0 saturated heterocycles. The average Bonchev–Trinajstić information content (AvgIpc) is 2.10. The number of hydrogen-bond acceptors (Lipinski definition) is 0. The molecule has 2 saturated carbocycles. The minimum Gasteiger partial charge on any atom is -0.0651 e. The van der Waals surface area contributed by atoms with Crippen LogP contribution >= 0.6 is 0 Å². The summed E-state index contributed by atoms with van der Waals surface area (Å²) in [5.74, 6) is 3.47. The maximum atomic E-state index is 2.34. The third-order valence-electron chi connectivity index (χ3n) is 3.42. The summed E-state index contributed by atoms with van der Waals surface area (Å²) in [6.07, 6.45) is 7.69. The Balaban J connectivity index is 1.91. The number of hydrogen-bond donors (Lipinski definition) is 0. The Labute approximate surface area is 57.6 Å². The summed E-state index contributed by atoms with van der Waals surface area (Å²) in [5.41, 5.74) is 0. The van der Waals surface area contributed by atoms with Crippen molar-refractivity contribution in [2.75, 3.05) is 0 Å². The van der Waals surface area contributed by atoms with E-state index in [1.54, 1.807) is 25.7 Å². The molecule has 2 aliphatic rings. The highest BCUT2D eigenvalue weighted by Crippen LogP contribution is 2.50. The van der Waals surface area contributed by atoms with Crippen molar-refractivity contribution in [3.8, 4) is 0 Å². The molecule has 2 unspecified atom stereocenters. The molecule has 0 bridgehead atoms. The Morgan fingerprint density at radius 2 is 1.67 bits per heavy atom. The first kappa shape index (κ1) is 5.76. The largest absolute Gasteiger partial charge is 0.0651 e. The highest BCUT2D eigenvalue weighted by atomic mass is 14.4. The fourth-order valence-electron chi connectivity index (χ4n) is 2.54. The third-order valence-corrected chi connectivity index (χ3v) is 3.42. The van der Waals surface area contributed by atoms with Crippen LogP contribution in [0.25, 0.3) is 0 Å². The van der Waals surface area contributed by atoms with Crippen LogP contribution in [-0.2, 0) is 0 Å². The summed E-state index contributed by atoms with van der Waals surface area (Å²) < 4.78 is 0. The van der Waals surface area contributed by atoms with Gasteiger partial charge in [-0.15, -0.1) is 0 Å². The summed E-state index contributed by atoms with van der Waals surface area (Å²) in [5, 5.41) is 0. The fourth-order valence-corrected chi connectivity index (χ4v) is 2.54. The van der Waals surface area contributed by atoms with E-state index in [1.807, 2.05) is 0 Å². The third kappa shape index (κ3) is 0.798. The Kier molecular flexibility index (Phi) is 1.28. The molecule has 9 heavy (non-hydrogen) atoms. The zero-order valence-electron chi connectivity index (χ0n) is 6.27. The maximum Gasteiger partial charge on any atom is -0.0383 e. The van der Waals surface area contributed by atoms with Gasteiger partial charge in [-0.25, -0.2) is 0 Å². The minimum atomic E-state index is 1.11. The Morgan fingerprint density at radius 3 is 2.00 bits per heavy atom. The molecule has 0 nitrogen and oxygen atoms in total. The van der Waals surface area contributed by atoms with Crippen molar-refractivity contribution >= 4 is 0 Å². The van der Waals surface area contributed by atoms with Gasteiger partial charge in [-0.05, 0) is 43.4 Å². The summed E-state index contributed by atoms with van der Waals surface area (Å²) in [7, 11) is 0. The first-order valence-corrected chi connectivity index (χ1v) is 4.40. The van der Waals surface area contributed by atoms with Crippen molar-refractivity contribution in [1.82, 2.24) is 0 Å². The van der Waals surface area contributed by atoms with Crippen molar-refractivity contribution in [2.45, 2.75) is 39.0 Å². The maximum absolute atomic E-state index is 2.34. The van der Waals surface area contributed by atoms with Gasteiger partial charge in [0, 0.05) is 0 Å². The molecule has 0 heteroatoms. The van der Waals surface area contributed by atoms with Crippen LogP contribution in [0.3, 0.4) is 0 Å². The summed E-state index contributed by atoms with van der Waals surface area (Å²) >= 11 is 0. The van der Waals surface area contributed by atoms with E-state index < -0.39 is 0 Å². The fraction of sp³-hybridized carbons (Fsp3) is 1.00. The van der Waals surface area contributed by atoms with Crippen LogP contribution in [0.5, 0.6) is 0 Å². The van der Waals surface area contributed by atoms with Crippen molar-refractivity contribution in [2.24, 2.45) is 17.8 Å². The molecule has 2 aliphatic carbocycles. The van der Waals surface area contributed by atoms with Gasteiger partial charge >= 0.3 is 0 Å². The van der Waals surface area contributed by atoms with Gasteiger partial charge in [-0.2, -0.15) is 0 Å². The SMILES string of the molecule is CCC1CC2CCC2C1. The van der Waals surface area contributed by atoms with Gasteiger partial charge in [-0.3, -0.25) is 0 Å². The molecule has 0 heterocycles. The predicted molar refractivity (Wildman–Crippen MR) is 39.2 cm³/mol. The molecular weight excluding hydrogens is 108 g/mol. The van der Waals surface area contributed by atoms with Crippen LogP contribution in [0, 0.1) is 17.8 Å². The average molecular weight is 124 g/mol. The molecule has 2 atom stereocenters.